The minimum Gasteiger partial charge on any atom is -0.508 e. The van der Waals surface area contributed by atoms with E-state index in [1.54, 1.807) is 0 Å². The van der Waals surface area contributed by atoms with Crippen molar-refractivity contribution in [3.8, 4) is 5.75 Å². The number of rotatable bonds is 11. The van der Waals surface area contributed by atoms with Crippen LogP contribution in [0.2, 0.25) is 0 Å². The third-order valence-electron chi connectivity index (χ3n) is 5.61. The number of carboxylic acids is 1. The molecular weight excluding hydrogens is 566 g/mol. The molecule has 3 unspecified atom stereocenters. The largest absolute Gasteiger partial charge is 0.508 e. The van der Waals surface area contributed by atoms with Crippen molar-refractivity contribution in [2.24, 2.45) is 0 Å². The molecular formula is C19H21N7O9S3. The quantitative estimate of drug-likeness (QED) is 0.0910. The van der Waals surface area contributed by atoms with Gasteiger partial charge in [-0.2, -0.15) is 18.4 Å². The number of aliphatic carboxylic acids is 1. The molecule has 1 fully saturated rings. The molecule has 4 atom stereocenters. The van der Waals surface area contributed by atoms with Gasteiger partial charge in [-0.25, -0.2) is 4.79 Å². The fourth-order valence-electron chi connectivity index (χ4n) is 3.88. The lowest BCUT2D eigenvalue weighted by molar-refractivity contribution is -0.151. The van der Waals surface area contributed by atoms with Crippen LogP contribution in [0.15, 0.2) is 40.7 Å². The number of aromatic nitrogens is 4. The van der Waals surface area contributed by atoms with Gasteiger partial charge in [-0.05, 0) is 34.9 Å². The van der Waals surface area contributed by atoms with E-state index in [0.717, 1.165) is 16.7 Å². The van der Waals surface area contributed by atoms with Crippen LogP contribution in [-0.2, 0) is 24.7 Å². The number of β-lactam (4-membered cyclic amide) rings is 1. The molecule has 2 amide bonds. The second kappa shape index (κ2) is 11.3. The fourth-order valence-corrected chi connectivity index (χ4v) is 6.80. The lowest BCUT2D eigenvalue weighted by atomic mass is 9.99. The van der Waals surface area contributed by atoms with Crippen LogP contribution >= 0.6 is 23.5 Å². The van der Waals surface area contributed by atoms with Crippen molar-refractivity contribution in [2.75, 3.05) is 12.3 Å². The number of aliphatic hydroxyl groups excluding tert-OH is 1. The van der Waals surface area contributed by atoms with Gasteiger partial charge >= 0.3 is 16.3 Å². The van der Waals surface area contributed by atoms with Gasteiger partial charge < -0.3 is 20.6 Å². The molecule has 3 heterocycles. The number of carbonyl (C=O) groups excluding carboxylic acids is 2. The zero-order chi connectivity index (χ0) is 27.6. The second-order valence-electron chi connectivity index (χ2n) is 8.03. The summed E-state index contributed by atoms with van der Waals surface area (Å²) >= 11 is 2.17. The molecule has 1 aromatic heterocycles. The highest BCUT2D eigenvalue weighted by Gasteiger charge is 2.55. The summed E-state index contributed by atoms with van der Waals surface area (Å²) in [6.45, 7) is -0.249. The molecule has 1 saturated heterocycles. The highest BCUT2D eigenvalue weighted by Crippen LogP contribution is 2.44. The lowest BCUT2D eigenvalue weighted by Crippen LogP contribution is -2.71. The van der Waals surface area contributed by atoms with E-state index in [0.29, 0.717) is 0 Å². The molecule has 0 bridgehead atoms. The van der Waals surface area contributed by atoms with Crippen LogP contribution in [0.25, 0.3) is 0 Å². The van der Waals surface area contributed by atoms with E-state index in [9.17, 15) is 38.1 Å². The first kappa shape index (κ1) is 27.8. The number of aromatic hydroxyl groups is 1. The first-order valence-corrected chi connectivity index (χ1v) is 14.1. The highest BCUT2D eigenvalue weighted by atomic mass is 32.2. The van der Waals surface area contributed by atoms with Gasteiger partial charge in [0.05, 0.1) is 0 Å². The van der Waals surface area contributed by atoms with E-state index >= 15 is 0 Å². The Morgan fingerprint density at radius 3 is 2.61 bits per heavy atom. The van der Waals surface area contributed by atoms with E-state index in [2.05, 4.69) is 25.9 Å². The third kappa shape index (κ3) is 6.08. The minimum atomic E-state index is -4.49. The molecule has 7 N–H and O–H groups in total. The molecule has 2 aliphatic rings. The number of benzene rings is 1. The van der Waals surface area contributed by atoms with Gasteiger partial charge in [-0.1, -0.05) is 23.9 Å². The number of hydrogen-bond donors (Lipinski definition) is 7. The summed E-state index contributed by atoms with van der Waals surface area (Å²) in [5.74, 6) is -2.94. The number of tetrazole rings is 1. The van der Waals surface area contributed by atoms with Crippen molar-refractivity contribution in [1.29, 1.82) is 0 Å². The van der Waals surface area contributed by atoms with Crippen LogP contribution in [-0.4, -0.2) is 101 Å². The molecule has 1 aromatic carbocycles. The normalized spacial score (nSPS) is 20.9. The first-order chi connectivity index (χ1) is 18.0. The van der Waals surface area contributed by atoms with Gasteiger partial charge in [-0.3, -0.25) is 19.0 Å². The lowest BCUT2D eigenvalue weighted by Gasteiger charge is -2.50. The predicted molar refractivity (Wildman–Crippen MR) is 131 cm³/mol. The maximum atomic E-state index is 13.0. The number of fused-ring (bicyclic) bond motifs is 1. The number of aromatic amines is 1. The maximum Gasteiger partial charge on any atom is 0.352 e. The molecule has 0 aliphatic carbocycles. The summed E-state index contributed by atoms with van der Waals surface area (Å²) < 4.78 is 33.0. The SMILES string of the molecule is O=C(O)C1=C(C(CCNS(=O)(=O)O)Sc2nn[nH]n2)CS[C@H]2C(NC(=O)C(O)c3ccc(O)cc3)C(=O)N12. The molecule has 19 heteroatoms. The van der Waals surface area contributed by atoms with Crippen molar-refractivity contribution < 1.29 is 42.7 Å². The summed E-state index contributed by atoms with van der Waals surface area (Å²) in [5.41, 5.74) is 0.151. The Bertz CT molecular complexity index is 1350. The molecule has 2 aliphatic heterocycles. The van der Waals surface area contributed by atoms with Crippen molar-refractivity contribution in [3.63, 3.8) is 0 Å². The number of hydrogen-bond acceptors (Lipinski definition) is 12. The number of nitrogens with zero attached hydrogens (tertiary/aromatic N) is 4. The van der Waals surface area contributed by atoms with Gasteiger partial charge in [0, 0.05) is 17.5 Å². The number of aliphatic hydroxyl groups is 1. The summed E-state index contributed by atoms with van der Waals surface area (Å²) in [7, 11) is -4.49. The summed E-state index contributed by atoms with van der Waals surface area (Å²) in [6, 6.07) is 4.18. The third-order valence-corrected chi connectivity index (χ3v) is 8.67. The van der Waals surface area contributed by atoms with Crippen LogP contribution in [0.3, 0.4) is 0 Å². The van der Waals surface area contributed by atoms with E-state index < -0.39 is 50.9 Å². The zero-order valence-electron chi connectivity index (χ0n) is 19.1. The highest BCUT2D eigenvalue weighted by molar-refractivity contribution is 8.01. The molecule has 4 rings (SSSR count). The average Bonchev–Trinajstić information content (AvgIpc) is 3.38. The van der Waals surface area contributed by atoms with Gasteiger partial charge in [0.25, 0.3) is 11.8 Å². The van der Waals surface area contributed by atoms with Crippen LogP contribution in [0.4, 0.5) is 0 Å². The number of amides is 2. The van der Waals surface area contributed by atoms with Gasteiger partial charge in [0.1, 0.15) is 22.9 Å². The Hall–Kier alpha value is -3.23. The zero-order valence-corrected chi connectivity index (χ0v) is 21.5. The molecule has 204 valence electrons. The van der Waals surface area contributed by atoms with Crippen molar-refractivity contribution >= 4 is 51.6 Å². The van der Waals surface area contributed by atoms with Crippen LogP contribution in [0.5, 0.6) is 5.75 Å². The average molecular weight is 588 g/mol. The van der Waals surface area contributed by atoms with E-state index in [-0.39, 0.29) is 46.5 Å². The van der Waals surface area contributed by atoms with E-state index in [1.807, 2.05) is 4.72 Å². The number of thioether (sulfide) groups is 2. The minimum absolute atomic E-state index is 0.0113. The number of carbonyl (C=O) groups is 3. The van der Waals surface area contributed by atoms with Crippen LogP contribution in [0.1, 0.15) is 18.1 Å². The first-order valence-electron chi connectivity index (χ1n) is 10.8. The van der Waals surface area contributed by atoms with Gasteiger partial charge in [0.15, 0.2) is 6.10 Å². The summed E-state index contributed by atoms with van der Waals surface area (Å²) in [6.07, 6.45) is -1.61. The Morgan fingerprint density at radius 2 is 2.00 bits per heavy atom. The summed E-state index contributed by atoms with van der Waals surface area (Å²) in [5, 5.41) is 44.1. The van der Waals surface area contributed by atoms with E-state index in [4.69, 9.17) is 4.55 Å². The Kier molecular flexibility index (Phi) is 8.23. The number of H-pyrrole nitrogens is 1. The Morgan fingerprint density at radius 1 is 1.29 bits per heavy atom. The molecule has 38 heavy (non-hydrogen) atoms. The second-order valence-corrected chi connectivity index (χ2v) is 11.5. The van der Waals surface area contributed by atoms with Crippen molar-refractivity contribution in [3.05, 3.63) is 41.1 Å². The standard InChI is InChI=1S/C19H21N7O9S3/c27-9-3-1-8(2-4-9)14(28)15(29)21-12-16(30)26-13(18(31)32)10(7-36-17(12)26)11(5-6-20-38(33,34)35)37-19-22-24-25-23-19/h1-4,11-12,14,17,20,27-28H,5-7H2,(H,21,29)(H,31,32)(H,33,34,35)(H,22,23,24,25)/t11?,12?,14?,17-/m0/s1. The summed E-state index contributed by atoms with van der Waals surface area (Å²) in [4.78, 5) is 38.9. The number of carboxylic acid groups (broad SMARTS) is 1. The predicted octanol–water partition coefficient (Wildman–Crippen LogP) is -1.38. The molecule has 0 radical (unpaired) electrons. The van der Waals surface area contributed by atoms with Crippen molar-refractivity contribution in [1.82, 2.24) is 35.6 Å². The number of phenolic OH excluding ortho intramolecular Hbond substituents is 1. The van der Waals surface area contributed by atoms with Crippen molar-refractivity contribution in [2.45, 2.75) is 34.3 Å². The Labute approximate surface area is 223 Å². The molecule has 16 nitrogen and oxygen atoms in total. The number of nitrogens with one attached hydrogen (secondary N) is 3. The Balaban J connectivity index is 1.53. The van der Waals surface area contributed by atoms with Crippen LogP contribution in [0, 0.1) is 0 Å². The smallest absolute Gasteiger partial charge is 0.352 e. The fraction of sp³-hybridized carbons (Fsp3) is 0.368. The van der Waals surface area contributed by atoms with Gasteiger partial charge in [-0.15, -0.1) is 22.0 Å². The topological polar surface area (TPSA) is 248 Å². The molecule has 0 saturated carbocycles. The maximum absolute atomic E-state index is 13.0. The van der Waals surface area contributed by atoms with E-state index in [1.165, 1.54) is 36.0 Å². The molecule has 0 spiro atoms. The number of phenols is 1. The van der Waals surface area contributed by atoms with Gasteiger partial charge in [0.2, 0.25) is 5.16 Å². The monoisotopic (exact) mass is 587 g/mol. The van der Waals surface area contributed by atoms with Crippen LogP contribution < -0.4 is 10.0 Å². The molecule has 2 aromatic rings.